The molecule has 1 aliphatic heterocycles. The van der Waals surface area contributed by atoms with E-state index in [1.807, 2.05) is 44.3 Å². The summed E-state index contributed by atoms with van der Waals surface area (Å²) in [5, 5.41) is 2.87. The fourth-order valence-electron chi connectivity index (χ4n) is 3.41. The minimum Gasteiger partial charge on any atom is -0.335 e. The van der Waals surface area contributed by atoms with Crippen LogP contribution in [-0.4, -0.2) is 32.9 Å². The molecule has 0 spiro atoms. The molecule has 6 nitrogen and oxygen atoms in total. The Morgan fingerprint density at radius 1 is 1.12 bits per heavy atom. The maximum atomic E-state index is 12.9. The van der Waals surface area contributed by atoms with E-state index in [1.165, 1.54) is 4.90 Å². The quantitative estimate of drug-likeness (QED) is 0.649. The molecule has 3 rings (SSSR count). The van der Waals surface area contributed by atoms with E-state index in [4.69, 9.17) is 0 Å². The number of urea groups is 1. The summed E-state index contributed by atoms with van der Waals surface area (Å²) < 4.78 is 2.07. The van der Waals surface area contributed by atoms with Gasteiger partial charge in [-0.3, -0.25) is 9.69 Å². The van der Waals surface area contributed by atoms with E-state index in [-0.39, 0.29) is 11.9 Å². The molecule has 1 N–H and O–H groups in total. The van der Waals surface area contributed by atoms with Crippen LogP contribution in [0.15, 0.2) is 36.7 Å². The van der Waals surface area contributed by atoms with Crippen LogP contribution in [0.3, 0.4) is 0 Å². The van der Waals surface area contributed by atoms with Gasteiger partial charge in [0.05, 0.1) is 0 Å². The number of carbonyl (C=O) groups is 2. The summed E-state index contributed by atoms with van der Waals surface area (Å²) in [5.41, 5.74) is 0.865. The van der Waals surface area contributed by atoms with Crippen molar-refractivity contribution >= 4 is 11.9 Å². The number of hydrogen-bond acceptors (Lipinski definition) is 3. The van der Waals surface area contributed by atoms with Crippen LogP contribution in [-0.2, 0) is 16.9 Å². The molecule has 1 saturated heterocycles. The number of aromatic nitrogens is 2. The Kier molecular flexibility index (Phi) is 4.61. The number of nitrogens with one attached hydrogen (secondary N) is 1. The molecule has 0 bridgehead atoms. The number of amides is 3. The fourth-order valence-corrected chi connectivity index (χ4v) is 3.41. The molecule has 6 heteroatoms. The third-order valence-electron chi connectivity index (χ3n) is 4.91. The smallest absolute Gasteiger partial charge is 0.325 e. The Bertz CT molecular complexity index is 798. The molecule has 1 fully saturated rings. The molecule has 1 aliphatic rings. The summed E-state index contributed by atoms with van der Waals surface area (Å²) in [4.78, 5) is 30.8. The summed E-state index contributed by atoms with van der Waals surface area (Å²) in [6, 6.07) is 7.37. The largest absolute Gasteiger partial charge is 0.335 e. The Balaban J connectivity index is 1.63. The van der Waals surface area contributed by atoms with Gasteiger partial charge in [-0.15, -0.1) is 0 Å². The lowest BCUT2D eigenvalue weighted by molar-refractivity contribution is -0.131. The zero-order valence-electron chi connectivity index (χ0n) is 15.0. The van der Waals surface area contributed by atoms with Crippen molar-refractivity contribution in [3.05, 3.63) is 53.6 Å². The lowest BCUT2D eigenvalue weighted by Crippen LogP contribution is -2.41. The normalized spacial score (nSPS) is 20.2. The zero-order chi connectivity index (χ0) is 18.0. The van der Waals surface area contributed by atoms with Crippen molar-refractivity contribution in [2.75, 3.05) is 6.54 Å². The number of aryl methyl sites for hydroxylation is 3. The van der Waals surface area contributed by atoms with E-state index in [1.54, 1.807) is 13.1 Å². The van der Waals surface area contributed by atoms with Crippen molar-refractivity contribution in [2.45, 2.75) is 45.7 Å². The second-order valence-electron chi connectivity index (χ2n) is 6.70. The molecule has 25 heavy (non-hydrogen) atoms. The van der Waals surface area contributed by atoms with Crippen LogP contribution in [0.2, 0.25) is 0 Å². The molecule has 1 aromatic carbocycles. The van der Waals surface area contributed by atoms with Gasteiger partial charge in [-0.25, -0.2) is 9.78 Å². The highest BCUT2D eigenvalue weighted by molar-refractivity contribution is 6.07. The van der Waals surface area contributed by atoms with Gasteiger partial charge in [-0.2, -0.15) is 0 Å². The Labute approximate surface area is 147 Å². The average molecular weight is 340 g/mol. The van der Waals surface area contributed by atoms with Gasteiger partial charge >= 0.3 is 6.03 Å². The van der Waals surface area contributed by atoms with Crippen molar-refractivity contribution in [3.63, 3.8) is 0 Å². The molecule has 3 amide bonds. The summed E-state index contributed by atoms with van der Waals surface area (Å²) >= 11 is 0. The first-order chi connectivity index (χ1) is 11.9. The van der Waals surface area contributed by atoms with Crippen LogP contribution >= 0.6 is 0 Å². The first-order valence-electron chi connectivity index (χ1n) is 8.61. The number of hydrogen-bond donors (Lipinski definition) is 1. The van der Waals surface area contributed by atoms with Gasteiger partial charge < -0.3 is 9.88 Å². The highest BCUT2D eigenvalue weighted by atomic mass is 16.2. The van der Waals surface area contributed by atoms with Gasteiger partial charge in [0.1, 0.15) is 11.4 Å². The second kappa shape index (κ2) is 6.70. The lowest BCUT2D eigenvalue weighted by Gasteiger charge is -2.24. The molecular weight excluding hydrogens is 316 g/mol. The van der Waals surface area contributed by atoms with Crippen molar-refractivity contribution < 1.29 is 9.59 Å². The van der Waals surface area contributed by atoms with E-state index in [0.29, 0.717) is 6.54 Å². The minimum atomic E-state index is -0.983. The summed E-state index contributed by atoms with van der Waals surface area (Å²) in [6.45, 7) is 6.97. The average Bonchev–Trinajstić information content (AvgIpc) is 3.08. The molecule has 2 aromatic rings. The van der Waals surface area contributed by atoms with Crippen molar-refractivity contribution in [1.29, 1.82) is 0 Å². The first kappa shape index (κ1) is 17.2. The molecule has 132 valence electrons. The number of imidazole rings is 1. The third-order valence-corrected chi connectivity index (χ3v) is 4.91. The van der Waals surface area contributed by atoms with Crippen LogP contribution in [0, 0.1) is 13.8 Å². The van der Waals surface area contributed by atoms with Crippen LogP contribution in [0.25, 0.3) is 0 Å². The number of unbranched alkanes of at least 4 members (excludes halogenated alkanes) is 1. The molecular formula is C19H24N4O2. The highest BCUT2D eigenvalue weighted by Gasteiger charge is 2.49. The summed E-state index contributed by atoms with van der Waals surface area (Å²) in [6.07, 6.45) is 5.37. The van der Waals surface area contributed by atoms with Crippen molar-refractivity contribution in [2.24, 2.45) is 0 Å². The van der Waals surface area contributed by atoms with Crippen molar-refractivity contribution in [3.8, 4) is 0 Å². The van der Waals surface area contributed by atoms with E-state index < -0.39 is 5.54 Å². The van der Waals surface area contributed by atoms with Gasteiger partial charge in [-0.1, -0.05) is 24.3 Å². The van der Waals surface area contributed by atoms with Gasteiger partial charge in [-0.05, 0) is 44.7 Å². The maximum Gasteiger partial charge on any atom is 0.325 e. The Morgan fingerprint density at radius 2 is 1.84 bits per heavy atom. The lowest BCUT2D eigenvalue weighted by atomic mass is 9.88. The minimum absolute atomic E-state index is 0.175. The molecule has 1 aromatic heterocycles. The maximum absolute atomic E-state index is 12.9. The van der Waals surface area contributed by atoms with Crippen LogP contribution in [0.4, 0.5) is 4.79 Å². The topological polar surface area (TPSA) is 67.2 Å². The summed E-state index contributed by atoms with van der Waals surface area (Å²) in [5.74, 6) is 0.799. The molecule has 0 saturated carbocycles. The van der Waals surface area contributed by atoms with E-state index >= 15 is 0 Å². The van der Waals surface area contributed by atoms with Gasteiger partial charge in [0, 0.05) is 25.5 Å². The van der Waals surface area contributed by atoms with Gasteiger partial charge in [0.2, 0.25) is 0 Å². The standard InChI is InChI=1S/C19H24N4O2/c1-14-8-4-5-9-16(14)19(3)17(24)23(18(25)21-19)12-7-6-11-22-13-10-20-15(22)2/h4-5,8-10,13H,6-7,11-12H2,1-3H3,(H,21,25)/t19-/m1/s1. The van der Waals surface area contributed by atoms with Crippen LogP contribution < -0.4 is 5.32 Å². The molecule has 0 unspecified atom stereocenters. The number of benzene rings is 1. The second-order valence-corrected chi connectivity index (χ2v) is 6.70. The number of carbonyl (C=O) groups excluding carboxylic acids is 2. The molecule has 1 atom stereocenters. The highest BCUT2D eigenvalue weighted by Crippen LogP contribution is 2.31. The fraction of sp³-hybridized carbons (Fsp3) is 0.421. The third kappa shape index (κ3) is 3.16. The van der Waals surface area contributed by atoms with E-state index in [9.17, 15) is 9.59 Å². The number of imide groups is 1. The van der Waals surface area contributed by atoms with Gasteiger partial charge in [0.25, 0.3) is 5.91 Å². The SMILES string of the molecule is Cc1ccccc1[C@@]1(C)NC(=O)N(CCCCn2ccnc2C)C1=O. The zero-order valence-corrected chi connectivity index (χ0v) is 15.0. The monoisotopic (exact) mass is 340 g/mol. The number of nitrogens with zero attached hydrogens (tertiary/aromatic N) is 3. The predicted molar refractivity (Wildman–Crippen MR) is 95.0 cm³/mol. The molecule has 2 heterocycles. The molecule has 0 aliphatic carbocycles. The van der Waals surface area contributed by atoms with Crippen LogP contribution in [0.1, 0.15) is 36.7 Å². The Morgan fingerprint density at radius 3 is 2.52 bits per heavy atom. The predicted octanol–water partition coefficient (Wildman–Crippen LogP) is 2.75. The van der Waals surface area contributed by atoms with E-state index in [2.05, 4.69) is 14.9 Å². The van der Waals surface area contributed by atoms with Crippen LogP contribution in [0.5, 0.6) is 0 Å². The summed E-state index contributed by atoms with van der Waals surface area (Å²) in [7, 11) is 0. The number of rotatable bonds is 6. The Hall–Kier alpha value is -2.63. The van der Waals surface area contributed by atoms with E-state index in [0.717, 1.165) is 36.3 Å². The molecule has 0 radical (unpaired) electrons. The first-order valence-corrected chi connectivity index (χ1v) is 8.61. The van der Waals surface area contributed by atoms with Gasteiger partial charge in [0.15, 0.2) is 0 Å². The van der Waals surface area contributed by atoms with Crippen molar-refractivity contribution in [1.82, 2.24) is 19.8 Å².